The van der Waals surface area contributed by atoms with Gasteiger partial charge in [-0.25, -0.2) is 0 Å². The number of allylic oxidation sites excluding steroid dienone is 4. The van der Waals surface area contributed by atoms with Crippen LogP contribution in [-0.4, -0.2) is 62.3 Å². The van der Waals surface area contributed by atoms with Gasteiger partial charge in [-0.15, -0.1) is 0 Å². The van der Waals surface area contributed by atoms with Gasteiger partial charge in [-0.2, -0.15) is 0 Å². The van der Waals surface area contributed by atoms with Gasteiger partial charge in [0.05, 0.1) is 12.8 Å². The van der Waals surface area contributed by atoms with Crippen LogP contribution in [0.3, 0.4) is 0 Å². The molecule has 34 heavy (non-hydrogen) atoms. The molecule has 4 N–H and O–H groups in total. The van der Waals surface area contributed by atoms with Crippen molar-refractivity contribution in [1.29, 1.82) is 0 Å². The Morgan fingerprint density at radius 3 is 2.74 bits per heavy atom. The number of aliphatic hydroxyl groups excluding tert-OH is 4. The van der Waals surface area contributed by atoms with E-state index in [2.05, 4.69) is 6.08 Å². The van der Waals surface area contributed by atoms with Crippen molar-refractivity contribution >= 4 is 17.5 Å². The van der Waals surface area contributed by atoms with Crippen LogP contribution in [0.4, 0.5) is 0 Å². The lowest BCUT2D eigenvalue weighted by molar-refractivity contribution is -0.231. The van der Waals surface area contributed by atoms with Crippen LogP contribution in [0.5, 0.6) is 0 Å². The minimum atomic E-state index is -1.46. The molecule has 0 spiro atoms. The highest BCUT2D eigenvalue weighted by atomic mass is 35.5. The van der Waals surface area contributed by atoms with Gasteiger partial charge in [0.25, 0.3) is 0 Å². The summed E-state index contributed by atoms with van der Waals surface area (Å²) in [6.07, 6.45) is 4.62. The van der Waals surface area contributed by atoms with Crippen molar-refractivity contribution in [3.63, 3.8) is 0 Å². The summed E-state index contributed by atoms with van der Waals surface area (Å²) in [6.45, 7) is 0.980. The molecule has 1 aromatic carbocycles. The number of hydrogen-bond donors (Lipinski definition) is 4. The first-order chi connectivity index (χ1) is 16.3. The van der Waals surface area contributed by atoms with Gasteiger partial charge < -0.3 is 29.9 Å². The highest BCUT2D eigenvalue weighted by Crippen LogP contribution is 2.36. The Morgan fingerprint density at radius 2 is 2.00 bits per heavy atom. The molecule has 2 aliphatic heterocycles. The first kappa shape index (κ1) is 24.7. The highest BCUT2D eigenvalue weighted by Gasteiger charge is 2.44. The fourth-order valence-electron chi connectivity index (χ4n) is 4.36. The summed E-state index contributed by atoms with van der Waals surface area (Å²) in [4.78, 5) is 13.3. The summed E-state index contributed by atoms with van der Waals surface area (Å²) < 4.78 is 11.4. The zero-order valence-corrected chi connectivity index (χ0v) is 19.4. The standard InChI is InChI=1S/C25H28ClNO7/c1-14(29)27-8-9-33-20(12-27)18-5-3-2-4-15(18)10-17-11-16(6-7-19(17)26)25-24(32)23(31)22(30)21(13-28)34-25/h2,4,6-9,11-12,21-25,28,30-32H,3,5,10,13H2,1H3/t21-,22-,23+,24+,25+/m1/s1. The van der Waals surface area contributed by atoms with Crippen LogP contribution >= 0.6 is 11.6 Å². The van der Waals surface area contributed by atoms with Gasteiger partial charge in [0, 0.05) is 23.7 Å². The van der Waals surface area contributed by atoms with Crippen LogP contribution in [0.2, 0.25) is 5.02 Å². The molecule has 4 rings (SSSR count). The zero-order chi connectivity index (χ0) is 24.4. The van der Waals surface area contributed by atoms with Crippen molar-refractivity contribution in [3.05, 3.63) is 82.1 Å². The molecule has 2 heterocycles. The SMILES string of the molecule is CC(=O)N1C=COC(C2=C(Cc3cc([C@@H]4O[C@H](CO)[C@@H](O)[C@H](O)[C@@H]4O)ccc3Cl)C=CCC2)=C1. The molecule has 1 fully saturated rings. The van der Waals surface area contributed by atoms with Gasteiger partial charge >= 0.3 is 0 Å². The predicted molar refractivity (Wildman–Crippen MR) is 124 cm³/mol. The van der Waals surface area contributed by atoms with E-state index in [0.29, 0.717) is 22.8 Å². The van der Waals surface area contributed by atoms with Crippen molar-refractivity contribution in [1.82, 2.24) is 4.90 Å². The molecule has 0 radical (unpaired) electrons. The molecule has 0 saturated carbocycles. The van der Waals surface area contributed by atoms with E-state index in [-0.39, 0.29) is 5.91 Å². The van der Waals surface area contributed by atoms with E-state index in [1.165, 1.54) is 18.1 Å². The second-order valence-electron chi connectivity index (χ2n) is 8.54. The van der Waals surface area contributed by atoms with Gasteiger partial charge in [0.15, 0.2) is 0 Å². The number of benzene rings is 1. The number of amides is 1. The Kier molecular flexibility index (Phi) is 7.57. The maximum Gasteiger partial charge on any atom is 0.227 e. The molecule has 3 aliphatic rings. The minimum Gasteiger partial charge on any atom is -0.462 e. The third kappa shape index (κ3) is 4.98. The summed E-state index contributed by atoms with van der Waals surface area (Å²) >= 11 is 6.51. The maximum atomic E-state index is 11.8. The highest BCUT2D eigenvalue weighted by molar-refractivity contribution is 6.31. The van der Waals surface area contributed by atoms with Crippen LogP contribution in [0.25, 0.3) is 0 Å². The van der Waals surface area contributed by atoms with Gasteiger partial charge in [-0.1, -0.05) is 35.9 Å². The van der Waals surface area contributed by atoms with Crippen molar-refractivity contribution in [3.8, 4) is 0 Å². The summed E-state index contributed by atoms with van der Waals surface area (Å²) in [6, 6.07) is 5.17. The van der Waals surface area contributed by atoms with Crippen molar-refractivity contribution in [2.75, 3.05) is 6.61 Å². The topological polar surface area (TPSA) is 120 Å². The van der Waals surface area contributed by atoms with Crippen molar-refractivity contribution in [2.24, 2.45) is 0 Å². The fourth-order valence-corrected chi connectivity index (χ4v) is 4.55. The van der Waals surface area contributed by atoms with Gasteiger partial charge in [-0.05, 0) is 42.0 Å². The Bertz CT molecular complexity index is 1060. The van der Waals surface area contributed by atoms with Crippen LogP contribution in [0.1, 0.15) is 37.0 Å². The average Bonchev–Trinajstić information content (AvgIpc) is 2.85. The number of carbonyl (C=O) groups is 1. The summed E-state index contributed by atoms with van der Waals surface area (Å²) in [5.41, 5.74) is 3.28. The van der Waals surface area contributed by atoms with Crippen LogP contribution in [-0.2, 0) is 20.7 Å². The summed E-state index contributed by atoms with van der Waals surface area (Å²) in [5, 5.41) is 40.7. The third-order valence-corrected chi connectivity index (χ3v) is 6.64. The molecule has 9 heteroatoms. The molecule has 0 bridgehead atoms. The number of rotatable bonds is 5. The second kappa shape index (κ2) is 10.4. The number of nitrogens with zero attached hydrogens (tertiary/aromatic N) is 1. The summed E-state index contributed by atoms with van der Waals surface area (Å²) in [5.74, 6) is 0.471. The first-order valence-corrected chi connectivity index (χ1v) is 11.5. The second-order valence-corrected chi connectivity index (χ2v) is 8.95. The molecule has 1 saturated heterocycles. The van der Waals surface area contributed by atoms with Crippen LogP contribution in [0.15, 0.2) is 65.9 Å². The zero-order valence-electron chi connectivity index (χ0n) is 18.7. The van der Waals surface area contributed by atoms with E-state index in [0.717, 1.165) is 29.6 Å². The number of ether oxygens (including phenoxy) is 2. The van der Waals surface area contributed by atoms with Gasteiger partial charge in [0.1, 0.15) is 42.5 Å². The Hall–Kier alpha value is -2.46. The lowest BCUT2D eigenvalue weighted by Gasteiger charge is -2.40. The third-order valence-electron chi connectivity index (χ3n) is 6.27. The van der Waals surface area contributed by atoms with Crippen molar-refractivity contribution in [2.45, 2.75) is 56.7 Å². The molecule has 0 aromatic heterocycles. The molecular formula is C25H28ClNO7. The smallest absolute Gasteiger partial charge is 0.227 e. The quantitative estimate of drug-likeness (QED) is 0.500. The van der Waals surface area contributed by atoms with Gasteiger partial charge in [-0.3, -0.25) is 9.69 Å². The molecule has 0 unspecified atom stereocenters. The van der Waals surface area contributed by atoms with Crippen LogP contribution < -0.4 is 0 Å². The van der Waals surface area contributed by atoms with E-state index >= 15 is 0 Å². The lowest BCUT2D eigenvalue weighted by Crippen LogP contribution is -2.55. The van der Waals surface area contributed by atoms with E-state index in [4.69, 9.17) is 21.1 Å². The van der Waals surface area contributed by atoms with E-state index in [1.807, 2.05) is 6.08 Å². The normalized spacial score (nSPS) is 29.2. The number of hydrogen-bond acceptors (Lipinski definition) is 7. The molecule has 8 nitrogen and oxygen atoms in total. The van der Waals surface area contributed by atoms with E-state index in [9.17, 15) is 25.2 Å². The fraction of sp³-hybridized carbons (Fsp3) is 0.400. The number of halogens is 1. The molecular weight excluding hydrogens is 462 g/mol. The molecule has 1 aliphatic carbocycles. The predicted octanol–water partition coefficient (Wildman–Crippen LogP) is 2.24. The maximum absolute atomic E-state index is 11.8. The molecule has 182 valence electrons. The molecule has 1 amide bonds. The molecule has 5 atom stereocenters. The number of aliphatic hydroxyl groups is 4. The van der Waals surface area contributed by atoms with Crippen LogP contribution in [0, 0.1) is 0 Å². The van der Waals surface area contributed by atoms with Gasteiger partial charge in [0.2, 0.25) is 5.91 Å². The minimum absolute atomic E-state index is 0.124. The molecule has 1 aromatic rings. The van der Waals surface area contributed by atoms with E-state index < -0.39 is 37.1 Å². The lowest BCUT2D eigenvalue weighted by atomic mass is 9.88. The monoisotopic (exact) mass is 489 g/mol. The first-order valence-electron chi connectivity index (χ1n) is 11.1. The average molecular weight is 490 g/mol. The summed E-state index contributed by atoms with van der Waals surface area (Å²) in [7, 11) is 0. The number of carbonyl (C=O) groups excluding carboxylic acids is 1. The van der Waals surface area contributed by atoms with Crippen molar-refractivity contribution < 1.29 is 34.7 Å². The largest absolute Gasteiger partial charge is 0.462 e. The Labute approximate surface area is 202 Å². The van der Waals surface area contributed by atoms with E-state index in [1.54, 1.807) is 30.6 Å². The Morgan fingerprint density at radius 1 is 1.21 bits per heavy atom. The Balaban J connectivity index is 1.64.